The fourth-order valence-corrected chi connectivity index (χ4v) is 1.64. The molecule has 0 saturated carbocycles. The summed E-state index contributed by atoms with van der Waals surface area (Å²) in [5.41, 5.74) is 0.618. The maximum absolute atomic E-state index is 13.4. The number of aliphatic hydroxyl groups is 1. The van der Waals surface area contributed by atoms with E-state index in [1.165, 1.54) is 18.2 Å². The SMILES string of the molecule is OCc1ccc(Oc2ccc(F)cc2F)c(Cl)c1. The molecular weight excluding hydrogens is 262 g/mol. The van der Waals surface area contributed by atoms with Crippen LogP contribution < -0.4 is 4.74 Å². The minimum atomic E-state index is -0.808. The zero-order chi connectivity index (χ0) is 13.1. The lowest BCUT2D eigenvalue weighted by Crippen LogP contribution is -1.91. The van der Waals surface area contributed by atoms with Crippen molar-refractivity contribution in [3.05, 3.63) is 58.6 Å². The van der Waals surface area contributed by atoms with Gasteiger partial charge in [-0.3, -0.25) is 0 Å². The fourth-order valence-electron chi connectivity index (χ4n) is 1.40. The van der Waals surface area contributed by atoms with Crippen molar-refractivity contribution >= 4 is 11.6 Å². The minimum Gasteiger partial charge on any atom is -0.453 e. The second-order valence-electron chi connectivity index (χ2n) is 3.60. The number of aliphatic hydroxyl groups excluding tert-OH is 1. The molecule has 0 fully saturated rings. The van der Waals surface area contributed by atoms with Gasteiger partial charge in [-0.2, -0.15) is 0 Å². The molecule has 0 aliphatic heterocycles. The zero-order valence-corrected chi connectivity index (χ0v) is 9.92. The van der Waals surface area contributed by atoms with Crippen molar-refractivity contribution in [2.24, 2.45) is 0 Å². The lowest BCUT2D eigenvalue weighted by molar-refractivity contribution is 0.281. The topological polar surface area (TPSA) is 29.5 Å². The predicted octanol–water partition coefficient (Wildman–Crippen LogP) is 3.90. The van der Waals surface area contributed by atoms with Crippen LogP contribution in [-0.4, -0.2) is 5.11 Å². The normalized spacial score (nSPS) is 10.4. The van der Waals surface area contributed by atoms with Crippen molar-refractivity contribution in [1.82, 2.24) is 0 Å². The van der Waals surface area contributed by atoms with Crippen LogP contribution in [0.25, 0.3) is 0 Å². The molecule has 0 aliphatic carbocycles. The lowest BCUT2D eigenvalue weighted by atomic mass is 10.2. The van der Waals surface area contributed by atoms with Crippen LogP contribution in [0.1, 0.15) is 5.56 Å². The fraction of sp³-hybridized carbons (Fsp3) is 0.0769. The quantitative estimate of drug-likeness (QED) is 0.916. The first-order valence-corrected chi connectivity index (χ1v) is 5.50. The monoisotopic (exact) mass is 270 g/mol. The van der Waals surface area contributed by atoms with Gasteiger partial charge in [-0.15, -0.1) is 0 Å². The first kappa shape index (κ1) is 12.8. The van der Waals surface area contributed by atoms with Crippen molar-refractivity contribution < 1.29 is 18.6 Å². The van der Waals surface area contributed by atoms with E-state index in [9.17, 15) is 8.78 Å². The largest absolute Gasteiger partial charge is 0.453 e. The Morgan fingerprint density at radius 1 is 1.06 bits per heavy atom. The number of ether oxygens (including phenoxy) is 1. The van der Waals surface area contributed by atoms with E-state index in [1.807, 2.05) is 0 Å². The van der Waals surface area contributed by atoms with Gasteiger partial charge < -0.3 is 9.84 Å². The third-order valence-electron chi connectivity index (χ3n) is 2.29. The van der Waals surface area contributed by atoms with Gasteiger partial charge in [0.15, 0.2) is 11.6 Å². The third kappa shape index (κ3) is 2.78. The molecule has 18 heavy (non-hydrogen) atoms. The van der Waals surface area contributed by atoms with Crippen LogP contribution in [0.4, 0.5) is 8.78 Å². The highest BCUT2D eigenvalue weighted by Crippen LogP contribution is 2.31. The van der Waals surface area contributed by atoms with Gasteiger partial charge in [-0.1, -0.05) is 17.7 Å². The molecule has 0 amide bonds. The molecule has 0 aromatic heterocycles. The van der Waals surface area contributed by atoms with E-state index in [4.69, 9.17) is 21.4 Å². The van der Waals surface area contributed by atoms with Gasteiger partial charge in [0.2, 0.25) is 0 Å². The van der Waals surface area contributed by atoms with Gasteiger partial charge in [-0.05, 0) is 29.8 Å². The summed E-state index contributed by atoms with van der Waals surface area (Å²) < 4.78 is 31.3. The number of rotatable bonds is 3. The molecule has 1 N–H and O–H groups in total. The molecule has 5 heteroatoms. The number of benzene rings is 2. The Hall–Kier alpha value is -1.65. The van der Waals surface area contributed by atoms with Gasteiger partial charge in [0.1, 0.15) is 11.6 Å². The molecule has 2 nitrogen and oxygen atoms in total. The molecule has 94 valence electrons. The highest BCUT2D eigenvalue weighted by atomic mass is 35.5. The smallest absolute Gasteiger partial charge is 0.168 e. The van der Waals surface area contributed by atoms with Crippen LogP contribution in [0, 0.1) is 11.6 Å². The molecule has 0 atom stereocenters. The third-order valence-corrected chi connectivity index (χ3v) is 2.59. The van der Waals surface area contributed by atoms with E-state index in [-0.39, 0.29) is 23.1 Å². The molecule has 0 aliphatic rings. The summed E-state index contributed by atoms with van der Waals surface area (Å²) in [6, 6.07) is 7.62. The lowest BCUT2D eigenvalue weighted by Gasteiger charge is -2.09. The van der Waals surface area contributed by atoms with Crippen LogP contribution in [-0.2, 0) is 6.61 Å². The molecule has 2 rings (SSSR count). The van der Waals surface area contributed by atoms with Gasteiger partial charge in [0.25, 0.3) is 0 Å². The first-order valence-electron chi connectivity index (χ1n) is 5.12. The van der Waals surface area contributed by atoms with E-state index in [0.717, 1.165) is 12.1 Å². The highest BCUT2D eigenvalue weighted by molar-refractivity contribution is 6.32. The van der Waals surface area contributed by atoms with E-state index in [2.05, 4.69) is 0 Å². The molecular formula is C13H9ClF2O2. The van der Waals surface area contributed by atoms with E-state index in [1.54, 1.807) is 6.07 Å². The van der Waals surface area contributed by atoms with Gasteiger partial charge in [0.05, 0.1) is 11.6 Å². The summed E-state index contributed by atoms with van der Waals surface area (Å²) >= 11 is 5.91. The average molecular weight is 271 g/mol. The maximum Gasteiger partial charge on any atom is 0.168 e. The van der Waals surface area contributed by atoms with E-state index in [0.29, 0.717) is 5.56 Å². The predicted molar refractivity (Wildman–Crippen MR) is 63.8 cm³/mol. The zero-order valence-electron chi connectivity index (χ0n) is 9.16. The van der Waals surface area contributed by atoms with Gasteiger partial charge in [-0.25, -0.2) is 8.78 Å². The number of halogens is 3. The van der Waals surface area contributed by atoms with Crippen molar-refractivity contribution in [1.29, 1.82) is 0 Å². The number of hydrogen-bond acceptors (Lipinski definition) is 2. The highest BCUT2D eigenvalue weighted by Gasteiger charge is 2.09. The molecule has 0 spiro atoms. The Labute approximate surface area is 107 Å². The van der Waals surface area contributed by atoms with E-state index < -0.39 is 11.6 Å². The van der Waals surface area contributed by atoms with Crippen molar-refractivity contribution in [2.45, 2.75) is 6.61 Å². The summed E-state index contributed by atoms with van der Waals surface area (Å²) in [7, 11) is 0. The van der Waals surface area contributed by atoms with E-state index >= 15 is 0 Å². The second-order valence-corrected chi connectivity index (χ2v) is 4.01. The molecule has 0 radical (unpaired) electrons. The Morgan fingerprint density at radius 3 is 2.39 bits per heavy atom. The summed E-state index contributed by atoms with van der Waals surface area (Å²) in [6.07, 6.45) is 0. The summed E-state index contributed by atoms with van der Waals surface area (Å²) in [4.78, 5) is 0. The Morgan fingerprint density at radius 2 is 1.78 bits per heavy atom. The Bertz CT molecular complexity index is 573. The van der Waals surface area contributed by atoms with Crippen LogP contribution in [0.2, 0.25) is 5.02 Å². The second kappa shape index (κ2) is 5.33. The van der Waals surface area contributed by atoms with Crippen molar-refractivity contribution in [3.8, 4) is 11.5 Å². The molecule has 2 aromatic rings. The molecule has 0 bridgehead atoms. The molecule has 2 aromatic carbocycles. The Balaban J connectivity index is 2.28. The van der Waals surface area contributed by atoms with Crippen LogP contribution in [0.5, 0.6) is 11.5 Å². The summed E-state index contributed by atoms with van der Waals surface area (Å²) in [6.45, 7) is -0.148. The van der Waals surface area contributed by atoms with Crippen LogP contribution in [0.15, 0.2) is 36.4 Å². The minimum absolute atomic E-state index is 0.116. The molecule has 0 heterocycles. The number of hydrogen-bond donors (Lipinski definition) is 1. The first-order chi connectivity index (χ1) is 8.60. The van der Waals surface area contributed by atoms with Crippen molar-refractivity contribution in [3.63, 3.8) is 0 Å². The Kier molecular flexibility index (Phi) is 3.79. The average Bonchev–Trinajstić information content (AvgIpc) is 2.34. The van der Waals surface area contributed by atoms with Crippen LogP contribution >= 0.6 is 11.6 Å². The van der Waals surface area contributed by atoms with Crippen molar-refractivity contribution in [2.75, 3.05) is 0 Å². The van der Waals surface area contributed by atoms with Gasteiger partial charge >= 0.3 is 0 Å². The molecule has 0 saturated heterocycles. The standard InChI is InChI=1S/C13H9ClF2O2/c14-10-5-8(7-17)1-3-12(10)18-13-4-2-9(15)6-11(13)16/h1-6,17H,7H2. The van der Waals surface area contributed by atoms with Gasteiger partial charge in [0, 0.05) is 6.07 Å². The summed E-state index contributed by atoms with van der Waals surface area (Å²) in [5.74, 6) is -1.37. The maximum atomic E-state index is 13.4. The van der Waals surface area contributed by atoms with Crippen LogP contribution in [0.3, 0.4) is 0 Å². The molecule has 0 unspecified atom stereocenters. The summed E-state index contributed by atoms with van der Waals surface area (Å²) in [5, 5.41) is 9.16.